The van der Waals surface area contributed by atoms with Crippen molar-refractivity contribution in [1.82, 2.24) is 4.72 Å². The number of rotatable bonds is 6. The second kappa shape index (κ2) is 6.64. The maximum atomic E-state index is 12.4. The first kappa shape index (κ1) is 16.1. The molecule has 1 aromatic carbocycles. The molecule has 0 spiro atoms. The highest BCUT2D eigenvalue weighted by Gasteiger charge is 2.27. The Labute approximate surface area is 125 Å². The van der Waals surface area contributed by atoms with Crippen LogP contribution in [0.1, 0.15) is 19.8 Å². The zero-order chi connectivity index (χ0) is 15.5. The molecule has 6 nitrogen and oxygen atoms in total. The van der Waals surface area contributed by atoms with Crippen molar-refractivity contribution in [3.63, 3.8) is 0 Å². The highest BCUT2D eigenvalue weighted by molar-refractivity contribution is 7.89. The van der Waals surface area contributed by atoms with Gasteiger partial charge in [-0.15, -0.1) is 0 Å². The summed E-state index contributed by atoms with van der Waals surface area (Å²) in [4.78, 5) is 0.144. The van der Waals surface area contributed by atoms with Crippen molar-refractivity contribution in [2.24, 2.45) is 0 Å². The molecule has 0 bridgehead atoms. The van der Waals surface area contributed by atoms with E-state index in [0.29, 0.717) is 18.1 Å². The molecule has 0 aliphatic carbocycles. The molecule has 1 fully saturated rings. The molecule has 1 aromatic rings. The second-order valence-electron chi connectivity index (χ2n) is 4.98. The van der Waals surface area contributed by atoms with Crippen LogP contribution in [0.25, 0.3) is 0 Å². The van der Waals surface area contributed by atoms with Crippen molar-refractivity contribution in [1.29, 1.82) is 0 Å². The fourth-order valence-electron chi connectivity index (χ4n) is 2.37. The van der Waals surface area contributed by atoms with Crippen molar-refractivity contribution >= 4 is 10.0 Å². The Morgan fingerprint density at radius 2 is 2.00 bits per heavy atom. The van der Waals surface area contributed by atoms with Gasteiger partial charge in [-0.1, -0.05) is 0 Å². The third-order valence-corrected chi connectivity index (χ3v) is 5.09. The molecule has 2 rings (SSSR count). The molecule has 0 radical (unpaired) electrons. The highest BCUT2D eigenvalue weighted by atomic mass is 32.2. The van der Waals surface area contributed by atoms with Crippen LogP contribution in [0.2, 0.25) is 0 Å². The minimum absolute atomic E-state index is 0.0695. The lowest BCUT2D eigenvalue weighted by Crippen LogP contribution is -2.40. The number of methoxy groups -OCH3 is 2. The lowest BCUT2D eigenvalue weighted by Gasteiger charge is -2.20. The molecule has 0 aromatic heterocycles. The predicted molar refractivity (Wildman–Crippen MR) is 78.3 cm³/mol. The van der Waals surface area contributed by atoms with Gasteiger partial charge >= 0.3 is 0 Å². The predicted octanol–water partition coefficient (Wildman–Crippen LogP) is 1.55. The van der Waals surface area contributed by atoms with Gasteiger partial charge in [-0.3, -0.25) is 0 Å². The molecule has 1 saturated heterocycles. The minimum atomic E-state index is -3.62. The van der Waals surface area contributed by atoms with Crippen LogP contribution in [0, 0.1) is 0 Å². The van der Waals surface area contributed by atoms with Gasteiger partial charge in [0.15, 0.2) is 11.5 Å². The number of benzene rings is 1. The number of hydrogen-bond donors (Lipinski definition) is 1. The normalized spacial score (nSPS) is 20.2. The molecule has 118 valence electrons. The van der Waals surface area contributed by atoms with Crippen LogP contribution in [0.5, 0.6) is 11.5 Å². The van der Waals surface area contributed by atoms with Crippen molar-refractivity contribution in [2.45, 2.75) is 36.8 Å². The van der Waals surface area contributed by atoms with E-state index in [1.807, 2.05) is 6.92 Å². The smallest absolute Gasteiger partial charge is 0.241 e. The van der Waals surface area contributed by atoms with Crippen LogP contribution in [-0.4, -0.2) is 41.4 Å². The maximum absolute atomic E-state index is 12.4. The van der Waals surface area contributed by atoms with Crippen LogP contribution in [0.15, 0.2) is 23.1 Å². The van der Waals surface area contributed by atoms with Gasteiger partial charge in [0.25, 0.3) is 0 Å². The summed E-state index contributed by atoms with van der Waals surface area (Å²) in [5.74, 6) is 0.869. The molecule has 1 heterocycles. The van der Waals surface area contributed by atoms with E-state index in [-0.39, 0.29) is 17.0 Å². The van der Waals surface area contributed by atoms with Gasteiger partial charge in [0.05, 0.1) is 25.2 Å². The Bertz CT molecular complexity index is 581. The van der Waals surface area contributed by atoms with E-state index in [2.05, 4.69) is 4.72 Å². The fourth-order valence-corrected chi connectivity index (χ4v) is 3.66. The van der Waals surface area contributed by atoms with E-state index < -0.39 is 10.0 Å². The maximum Gasteiger partial charge on any atom is 0.241 e. The molecule has 0 saturated carbocycles. The molecule has 1 aliphatic heterocycles. The molecule has 7 heteroatoms. The van der Waals surface area contributed by atoms with Crippen LogP contribution in [0.3, 0.4) is 0 Å². The Morgan fingerprint density at radius 3 is 2.57 bits per heavy atom. The Balaban J connectivity index is 2.18. The highest BCUT2D eigenvalue weighted by Crippen LogP contribution is 2.29. The van der Waals surface area contributed by atoms with Crippen LogP contribution in [0.4, 0.5) is 0 Å². The molecule has 0 unspecified atom stereocenters. The minimum Gasteiger partial charge on any atom is -0.493 e. The number of nitrogens with one attached hydrogen (secondary N) is 1. The quantitative estimate of drug-likeness (QED) is 0.862. The van der Waals surface area contributed by atoms with E-state index in [1.165, 1.54) is 26.4 Å². The summed E-state index contributed by atoms with van der Waals surface area (Å²) in [6, 6.07) is 4.24. The summed E-state index contributed by atoms with van der Waals surface area (Å²) in [6.07, 6.45) is 1.77. The van der Waals surface area contributed by atoms with E-state index in [4.69, 9.17) is 14.2 Å². The first-order chi connectivity index (χ1) is 9.97. The molecule has 1 N–H and O–H groups in total. The van der Waals surface area contributed by atoms with Gasteiger partial charge in [-0.25, -0.2) is 13.1 Å². The van der Waals surface area contributed by atoms with Gasteiger partial charge in [0, 0.05) is 18.7 Å². The molecule has 2 atom stereocenters. The first-order valence-corrected chi connectivity index (χ1v) is 8.32. The molecule has 0 amide bonds. The summed E-state index contributed by atoms with van der Waals surface area (Å²) in [5, 5.41) is 0. The SMILES string of the molecule is COc1ccc(S(=O)(=O)N[C@H](C)[C@@H]2CCCO2)cc1OC. The number of sulfonamides is 1. The lowest BCUT2D eigenvalue weighted by molar-refractivity contribution is 0.0902. The van der Waals surface area contributed by atoms with E-state index in [0.717, 1.165) is 12.8 Å². The van der Waals surface area contributed by atoms with Gasteiger partial charge in [0.1, 0.15) is 0 Å². The molecular formula is C14H21NO5S. The van der Waals surface area contributed by atoms with Gasteiger partial charge in [-0.2, -0.15) is 0 Å². The summed E-state index contributed by atoms with van der Waals surface area (Å²) in [6.45, 7) is 2.50. The van der Waals surface area contributed by atoms with Crippen LogP contribution >= 0.6 is 0 Å². The Hall–Kier alpha value is -1.31. The zero-order valence-corrected chi connectivity index (χ0v) is 13.3. The fraction of sp³-hybridized carbons (Fsp3) is 0.571. The number of hydrogen-bond acceptors (Lipinski definition) is 5. The second-order valence-corrected chi connectivity index (χ2v) is 6.69. The zero-order valence-electron chi connectivity index (χ0n) is 12.5. The third-order valence-electron chi connectivity index (χ3n) is 3.53. The third kappa shape index (κ3) is 3.66. The van der Waals surface area contributed by atoms with Crippen LogP contribution in [-0.2, 0) is 14.8 Å². The molecular weight excluding hydrogens is 294 g/mol. The van der Waals surface area contributed by atoms with E-state index in [1.54, 1.807) is 6.07 Å². The van der Waals surface area contributed by atoms with Crippen LogP contribution < -0.4 is 14.2 Å². The largest absolute Gasteiger partial charge is 0.493 e. The summed E-state index contributed by atoms with van der Waals surface area (Å²) in [5.41, 5.74) is 0. The van der Waals surface area contributed by atoms with Gasteiger partial charge in [0.2, 0.25) is 10.0 Å². The molecule has 21 heavy (non-hydrogen) atoms. The topological polar surface area (TPSA) is 73.9 Å². The lowest BCUT2D eigenvalue weighted by atomic mass is 10.1. The van der Waals surface area contributed by atoms with Crippen molar-refractivity contribution in [2.75, 3.05) is 20.8 Å². The van der Waals surface area contributed by atoms with Crippen molar-refractivity contribution in [3.8, 4) is 11.5 Å². The Morgan fingerprint density at radius 1 is 1.29 bits per heavy atom. The summed E-state index contributed by atoms with van der Waals surface area (Å²) in [7, 11) is -0.647. The van der Waals surface area contributed by atoms with E-state index >= 15 is 0 Å². The van der Waals surface area contributed by atoms with Crippen molar-refractivity contribution < 1.29 is 22.6 Å². The summed E-state index contributed by atoms with van der Waals surface area (Å²) < 4.78 is 43.2. The van der Waals surface area contributed by atoms with E-state index in [9.17, 15) is 8.42 Å². The van der Waals surface area contributed by atoms with Gasteiger partial charge in [-0.05, 0) is 31.9 Å². The average molecular weight is 315 g/mol. The molecule has 1 aliphatic rings. The standard InChI is InChI=1S/C14H21NO5S/c1-10(12-5-4-8-20-12)15-21(16,17)11-6-7-13(18-2)14(9-11)19-3/h6-7,9-10,12,15H,4-5,8H2,1-3H3/t10-,12+/m1/s1. The van der Waals surface area contributed by atoms with Crippen molar-refractivity contribution in [3.05, 3.63) is 18.2 Å². The number of ether oxygens (including phenoxy) is 3. The first-order valence-electron chi connectivity index (χ1n) is 6.84. The Kier molecular flexibility index (Phi) is 5.08. The monoisotopic (exact) mass is 315 g/mol. The average Bonchev–Trinajstić information content (AvgIpc) is 3.00. The van der Waals surface area contributed by atoms with Gasteiger partial charge < -0.3 is 14.2 Å². The summed E-state index contributed by atoms with van der Waals surface area (Å²) >= 11 is 0.